The van der Waals surface area contributed by atoms with Crippen molar-refractivity contribution in [3.63, 3.8) is 0 Å². The number of benzene rings is 1. The highest BCUT2D eigenvalue weighted by molar-refractivity contribution is 6.31. The van der Waals surface area contributed by atoms with E-state index in [2.05, 4.69) is 0 Å². The lowest BCUT2D eigenvalue weighted by molar-refractivity contribution is -0.115. The summed E-state index contributed by atoms with van der Waals surface area (Å²) in [6.07, 6.45) is 5.53. The summed E-state index contributed by atoms with van der Waals surface area (Å²) in [5.74, 6) is -0.0476. The van der Waals surface area contributed by atoms with Crippen LogP contribution in [0, 0.1) is 0 Å². The number of fused-ring (bicyclic) bond motifs is 1. The molecule has 0 saturated heterocycles. The van der Waals surface area contributed by atoms with E-state index in [1.165, 1.54) is 0 Å². The van der Waals surface area contributed by atoms with Crippen LogP contribution in [0.3, 0.4) is 0 Å². The van der Waals surface area contributed by atoms with Gasteiger partial charge in [-0.25, -0.2) is 0 Å². The molecule has 0 spiro atoms. The molecule has 1 atom stereocenters. The second-order valence-electron chi connectivity index (χ2n) is 6.01. The van der Waals surface area contributed by atoms with Crippen LogP contribution in [-0.4, -0.2) is 24.3 Å². The Bertz CT molecular complexity index is 737. The van der Waals surface area contributed by atoms with Gasteiger partial charge in [-0.3, -0.25) is 9.59 Å². The maximum atomic E-state index is 13.0. The molecule has 0 bridgehead atoms. The first-order valence-electron chi connectivity index (χ1n) is 7.76. The van der Waals surface area contributed by atoms with Crippen LogP contribution >= 0.6 is 11.6 Å². The molecule has 3 rings (SSSR count). The summed E-state index contributed by atoms with van der Waals surface area (Å²) in [7, 11) is 0. The highest BCUT2D eigenvalue weighted by atomic mass is 35.5. The summed E-state index contributed by atoms with van der Waals surface area (Å²) >= 11 is 6.02. The van der Waals surface area contributed by atoms with Crippen LogP contribution in [0.2, 0.25) is 5.02 Å². The second kappa shape index (κ2) is 6.30. The second-order valence-corrected chi connectivity index (χ2v) is 6.45. The van der Waals surface area contributed by atoms with Crippen LogP contribution in [0.15, 0.2) is 41.5 Å². The van der Waals surface area contributed by atoms with Crippen molar-refractivity contribution >= 4 is 29.0 Å². The van der Waals surface area contributed by atoms with E-state index in [0.717, 1.165) is 5.57 Å². The molecular formula is C18H19ClN2O2. The van der Waals surface area contributed by atoms with E-state index in [9.17, 15) is 9.59 Å². The lowest BCUT2D eigenvalue weighted by Gasteiger charge is -2.26. The van der Waals surface area contributed by atoms with E-state index in [0.29, 0.717) is 47.7 Å². The first-order chi connectivity index (χ1) is 11.0. The van der Waals surface area contributed by atoms with Gasteiger partial charge < -0.3 is 10.6 Å². The number of nitrogens with two attached hydrogens (primary N) is 1. The Morgan fingerprint density at radius 3 is 2.91 bits per heavy atom. The maximum absolute atomic E-state index is 13.0. The molecule has 120 valence electrons. The third-order valence-electron chi connectivity index (χ3n) is 4.29. The first kappa shape index (κ1) is 16.0. The minimum absolute atomic E-state index is 0.0321. The van der Waals surface area contributed by atoms with Gasteiger partial charge in [-0.2, -0.15) is 0 Å². The topological polar surface area (TPSA) is 63.4 Å². The summed E-state index contributed by atoms with van der Waals surface area (Å²) in [6.45, 7) is 2.42. The number of rotatable bonds is 1. The van der Waals surface area contributed by atoms with E-state index < -0.39 is 0 Å². The Kier molecular flexibility index (Phi) is 4.37. The minimum atomic E-state index is -0.0797. The number of ketones is 1. The molecule has 1 aliphatic heterocycles. The van der Waals surface area contributed by atoms with Gasteiger partial charge in [0.25, 0.3) is 5.91 Å². The Morgan fingerprint density at radius 2 is 2.17 bits per heavy atom. The van der Waals surface area contributed by atoms with Crippen LogP contribution in [0.25, 0.3) is 0 Å². The van der Waals surface area contributed by atoms with Gasteiger partial charge in [0.05, 0.1) is 5.69 Å². The van der Waals surface area contributed by atoms with Gasteiger partial charge in [-0.1, -0.05) is 23.8 Å². The molecule has 1 unspecified atom stereocenters. The zero-order valence-electron chi connectivity index (χ0n) is 13.0. The molecule has 0 fully saturated rings. The van der Waals surface area contributed by atoms with Gasteiger partial charge in [0.1, 0.15) is 0 Å². The number of Topliss-reactive ketones (excluding diaryl/α,β-unsaturated/α-hetero) is 1. The third-order valence-corrected chi connectivity index (χ3v) is 4.53. The highest BCUT2D eigenvalue weighted by Crippen LogP contribution is 2.31. The molecule has 5 heteroatoms. The quantitative estimate of drug-likeness (QED) is 0.859. The van der Waals surface area contributed by atoms with Gasteiger partial charge >= 0.3 is 0 Å². The van der Waals surface area contributed by atoms with E-state index in [4.69, 9.17) is 17.3 Å². The molecule has 1 heterocycles. The number of anilines is 1. The SMILES string of the molecule is CC1=CC(N)CC=C1C(=O)N1CCCC(=O)c2cc(Cl)ccc21. The predicted octanol–water partition coefficient (Wildman–Crippen LogP) is 3.25. The van der Waals surface area contributed by atoms with Crippen LogP contribution in [-0.2, 0) is 4.79 Å². The Hall–Kier alpha value is -1.91. The number of carbonyl (C=O) groups excluding carboxylic acids is 2. The van der Waals surface area contributed by atoms with E-state index >= 15 is 0 Å². The van der Waals surface area contributed by atoms with Crippen LogP contribution in [0.1, 0.15) is 36.5 Å². The molecule has 0 saturated carbocycles. The number of hydrogen-bond donors (Lipinski definition) is 1. The molecular weight excluding hydrogens is 312 g/mol. The van der Waals surface area contributed by atoms with Gasteiger partial charge in [-0.15, -0.1) is 0 Å². The largest absolute Gasteiger partial charge is 0.324 e. The fraction of sp³-hybridized carbons (Fsp3) is 0.333. The lowest BCUT2D eigenvalue weighted by atomic mass is 9.95. The summed E-state index contributed by atoms with van der Waals surface area (Å²) < 4.78 is 0. The first-order valence-corrected chi connectivity index (χ1v) is 8.14. The van der Waals surface area contributed by atoms with Crippen molar-refractivity contribution in [2.24, 2.45) is 5.73 Å². The number of carbonyl (C=O) groups is 2. The molecule has 1 aliphatic carbocycles. The summed E-state index contributed by atoms with van der Waals surface area (Å²) in [4.78, 5) is 27.0. The zero-order valence-corrected chi connectivity index (χ0v) is 13.8. The maximum Gasteiger partial charge on any atom is 0.258 e. The van der Waals surface area contributed by atoms with Crippen molar-refractivity contribution in [3.05, 3.63) is 52.1 Å². The Labute approximate surface area is 140 Å². The van der Waals surface area contributed by atoms with E-state index in [-0.39, 0.29) is 17.7 Å². The molecule has 1 aromatic rings. The van der Waals surface area contributed by atoms with Crippen molar-refractivity contribution in [2.45, 2.75) is 32.2 Å². The summed E-state index contributed by atoms with van der Waals surface area (Å²) in [6, 6.07) is 5.09. The zero-order chi connectivity index (χ0) is 16.6. The number of hydrogen-bond acceptors (Lipinski definition) is 3. The number of nitrogens with zero attached hydrogens (tertiary/aromatic N) is 1. The molecule has 2 N–H and O–H groups in total. The molecule has 4 nitrogen and oxygen atoms in total. The fourth-order valence-corrected chi connectivity index (χ4v) is 3.30. The van der Waals surface area contributed by atoms with Crippen molar-refractivity contribution in [3.8, 4) is 0 Å². The number of amides is 1. The van der Waals surface area contributed by atoms with Gasteiger partial charge in [0.2, 0.25) is 0 Å². The van der Waals surface area contributed by atoms with Crippen LogP contribution < -0.4 is 10.6 Å². The van der Waals surface area contributed by atoms with Crippen molar-refractivity contribution in [1.82, 2.24) is 0 Å². The molecule has 2 aliphatic rings. The van der Waals surface area contributed by atoms with Crippen molar-refractivity contribution in [1.29, 1.82) is 0 Å². The van der Waals surface area contributed by atoms with Crippen molar-refractivity contribution < 1.29 is 9.59 Å². The Balaban J connectivity index is 2.00. The molecule has 0 radical (unpaired) electrons. The Morgan fingerprint density at radius 1 is 1.39 bits per heavy atom. The number of halogens is 1. The highest BCUT2D eigenvalue weighted by Gasteiger charge is 2.28. The summed E-state index contributed by atoms with van der Waals surface area (Å²) in [5, 5.41) is 0.505. The molecule has 23 heavy (non-hydrogen) atoms. The minimum Gasteiger partial charge on any atom is -0.324 e. The van der Waals surface area contributed by atoms with Crippen molar-refractivity contribution in [2.75, 3.05) is 11.4 Å². The molecule has 0 aromatic heterocycles. The smallest absolute Gasteiger partial charge is 0.258 e. The third kappa shape index (κ3) is 3.09. The fourth-order valence-electron chi connectivity index (χ4n) is 3.13. The van der Waals surface area contributed by atoms with Gasteiger partial charge in [0, 0.05) is 35.2 Å². The lowest BCUT2D eigenvalue weighted by Crippen LogP contribution is -2.34. The van der Waals surface area contributed by atoms with Crippen LogP contribution in [0.4, 0.5) is 5.69 Å². The molecule has 1 amide bonds. The normalized spacial score (nSPS) is 21.3. The molecule has 1 aromatic carbocycles. The average molecular weight is 331 g/mol. The monoisotopic (exact) mass is 330 g/mol. The summed E-state index contributed by atoms with van der Waals surface area (Å²) in [5.41, 5.74) is 8.62. The van der Waals surface area contributed by atoms with E-state index in [1.54, 1.807) is 23.1 Å². The predicted molar refractivity (Wildman–Crippen MR) is 91.8 cm³/mol. The van der Waals surface area contributed by atoms with E-state index in [1.807, 2.05) is 19.1 Å². The van der Waals surface area contributed by atoms with Crippen LogP contribution in [0.5, 0.6) is 0 Å². The van der Waals surface area contributed by atoms with Gasteiger partial charge in [-0.05, 0) is 43.5 Å². The van der Waals surface area contributed by atoms with Gasteiger partial charge in [0.15, 0.2) is 5.78 Å². The average Bonchev–Trinajstić information content (AvgIpc) is 2.66. The standard InChI is InChI=1S/C18H19ClN2O2/c1-11-9-13(20)5-6-14(11)18(23)21-8-2-3-17(22)15-10-12(19)4-7-16(15)21/h4,6-7,9-10,13H,2-3,5,8,20H2,1H3.